The number of hydrogen-bond acceptors (Lipinski definition) is 8. The van der Waals surface area contributed by atoms with E-state index in [1.54, 1.807) is 14.1 Å². The topological polar surface area (TPSA) is 155 Å². The average Bonchev–Trinajstić information content (AvgIpc) is 2.90. The van der Waals surface area contributed by atoms with Gasteiger partial charge in [-0.15, -0.1) is 0 Å². The molecule has 0 aromatic rings. The molecule has 0 atom stereocenters. The van der Waals surface area contributed by atoms with Crippen LogP contribution in [0.25, 0.3) is 0 Å². The molecule has 0 N–H and O–H groups in total. The Labute approximate surface area is 294 Å². The Morgan fingerprint density at radius 3 is 1.00 bits per heavy atom. The molecule has 252 valence electrons. The maximum atomic E-state index is 11.8. The molecule has 10 nitrogen and oxygen atoms in total. The number of carbonyl (C=O) groups excluding carboxylic acids is 2. The summed E-state index contributed by atoms with van der Waals surface area (Å²) < 4.78 is 62.8. The predicted molar refractivity (Wildman–Crippen MR) is 174 cm³/mol. The summed E-state index contributed by atoms with van der Waals surface area (Å²) in [7, 11) is -5.02. The van der Waals surface area contributed by atoms with Gasteiger partial charge in [-0.05, 0) is 25.7 Å². The van der Waals surface area contributed by atoms with Crippen LogP contribution in [0.1, 0.15) is 142 Å². The molecule has 0 saturated carbocycles. The van der Waals surface area contributed by atoms with Gasteiger partial charge >= 0.3 is 37.7 Å². The fraction of sp³-hybridized carbons (Fsp3) is 0.933. The first-order valence-corrected chi connectivity index (χ1v) is 19.2. The van der Waals surface area contributed by atoms with Gasteiger partial charge in [0.15, 0.2) is 0 Å². The van der Waals surface area contributed by atoms with Gasteiger partial charge in [0, 0.05) is 51.5 Å². The van der Waals surface area contributed by atoms with Crippen LogP contribution in [0.15, 0.2) is 0 Å². The van der Waals surface area contributed by atoms with Crippen molar-refractivity contribution in [3.8, 4) is 0 Å². The van der Waals surface area contributed by atoms with Gasteiger partial charge in [-0.3, -0.25) is 9.59 Å². The molecule has 0 aromatic heterocycles. The second-order valence-corrected chi connectivity index (χ2v) is 14.4. The van der Waals surface area contributed by atoms with Crippen LogP contribution in [-0.4, -0.2) is 124 Å². The molecule has 0 rings (SSSR count). The number of nitrogens with zero attached hydrogens (tertiary/aromatic N) is 2. The van der Waals surface area contributed by atoms with E-state index in [9.17, 15) is 35.5 Å². The Kier molecular flexibility index (Phi) is 33.8. The normalized spacial score (nSPS) is 11.3. The summed E-state index contributed by atoms with van der Waals surface area (Å²) in [5.41, 5.74) is 0. The second kappa shape index (κ2) is 30.7. The zero-order valence-electron chi connectivity index (χ0n) is 27.7. The standard InChI is InChI=1S/2C15H31NO4S.Ca/c2*1-3-4-5-6-7-8-9-10-12-15(17)16(2)13-11-14-21(18,19)20;/h2*3-14H2,1-2H3,(H,18,19,20);/q;;+2/p-2. The smallest absolute Gasteiger partial charge is 0.748 e. The Hall–Kier alpha value is 0.0197. The van der Waals surface area contributed by atoms with Gasteiger partial charge in [0.25, 0.3) is 0 Å². The van der Waals surface area contributed by atoms with E-state index in [0.29, 0.717) is 25.9 Å². The van der Waals surface area contributed by atoms with Gasteiger partial charge in [-0.25, -0.2) is 16.8 Å². The van der Waals surface area contributed by atoms with Crippen molar-refractivity contribution in [3.05, 3.63) is 0 Å². The first kappa shape index (κ1) is 47.4. The summed E-state index contributed by atoms with van der Waals surface area (Å²) in [4.78, 5) is 26.6. The van der Waals surface area contributed by atoms with E-state index in [1.165, 1.54) is 86.8 Å². The molecule has 0 aliphatic rings. The molecule has 0 heterocycles. The Balaban J connectivity index is -0.000000727. The summed E-state index contributed by atoms with van der Waals surface area (Å²) in [5, 5.41) is 0. The third-order valence-corrected chi connectivity index (χ3v) is 8.69. The first-order valence-electron chi connectivity index (χ1n) is 16.1. The van der Waals surface area contributed by atoms with Gasteiger partial charge in [0.05, 0.1) is 20.2 Å². The molecule has 0 aliphatic carbocycles. The van der Waals surface area contributed by atoms with Crippen molar-refractivity contribution >= 4 is 69.8 Å². The Morgan fingerprint density at radius 1 is 0.488 bits per heavy atom. The molecular weight excluding hydrogens is 621 g/mol. The third-order valence-electron chi connectivity index (χ3n) is 7.12. The number of rotatable bonds is 26. The number of amides is 2. The van der Waals surface area contributed by atoms with Gasteiger partial charge < -0.3 is 18.9 Å². The summed E-state index contributed by atoms with van der Waals surface area (Å²) in [5.74, 6) is -0.737. The minimum atomic E-state index is -4.17. The quantitative estimate of drug-likeness (QED) is 0.0665. The van der Waals surface area contributed by atoms with E-state index in [2.05, 4.69) is 13.8 Å². The maximum Gasteiger partial charge on any atom is 2.00 e. The largest absolute Gasteiger partial charge is 2.00 e. The minimum Gasteiger partial charge on any atom is -0.748 e. The van der Waals surface area contributed by atoms with Crippen molar-refractivity contribution in [1.82, 2.24) is 9.80 Å². The molecule has 43 heavy (non-hydrogen) atoms. The number of hydrogen-bond donors (Lipinski definition) is 0. The van der Waals surface area contributed by atoms with Crippen molar-refractivity contribution in [2.45, 2.75) is 142 Å². The van der Waals surface area contributed by atoms with Gasteiger partial charge in [0.2, 0.25) is 11.8 Å². The Bertz CT molecular complexity index is 815. The summed E-state index contributed by atoms with van der Waals surface area (Å²) in [6.07, 6.45) is 20.5. The first-order chi connectivity index (χ1) is 19.7. The fourth-order valence-corrected chi connectivity index (χ4v) is 5.37. The molecule has 0 bridgehead atoms. The zero-order chi connectivity index (χ0) is 32.3. The summed E-state index contributed by atoms with van der Waals surface area (Å²) >= 11 is 0. The molecule has 0 fully saturated rings. The average molecular weight is 681 g/mol. The third kappa shape index (κ3) is 38.1. The minimum absolute atomic E-state index is 0. The summed E-state index contributed by atoms with van der Waals surface area (Å²) in [6.45, 7) is 5.07. The molecule has 0 aromatic carbocycles. The van der Waals surface area contributed by atoms with E-state index >= 15 is 0 Å². The molecule has 0 radical (unpaired) electrons. The zero-order valence-corrected chi connectivity index (χ0v) is 31.5. The summed E-state index contributed by atoms with van der Waals surface area (Å²) in [6, 6.07) is 0. The van der Waals surface area contributed by atoms with Crippen LogP contribution in [0.2, 0.25) is 0 Å². The van der Waals surface area contributed by atoms with Gasteiger partial charge in [-0.1, -0.05) is 104 Å². The number of unbranched alkanes of at least 4 members (excludes halogenated alkanes) is 14. The van der Waals surface area contributed by atoms with Crippen molar-refractivity contribution in [2.24, 2.45) is 0 Å². The number of carbonyl (C=O) groups is 2. The SMILES string of the molecule is CCCCCCCCCCC(=O)N(C)CCCS(=O)(=O)[O-].CCCCCCCCCCC(=O)N(C)CCCS(=O)(=O)[O-].[Ca+2]. The molecule has 13 heteroatoms. The van der Waals surface area contributed by atoms with Crippen molar-refractivity contribution in [2.75, 3.05) is 38.7 Å². The maximum absolute atomic E-state index is 11.8. The predicted octanol–water partition coefficient (Wildman–Crippen LogP) is 5.44. The second-order valence-electron chi connectivity index (χ2n) is 11.3. The molecule has 0 aliphatic heterocycles. The molecule has 2 amide bonds. The van der Waals surface area contributed by atoms with E-state index in [0.717, 1.165) is 25.7 Å². The van der Waals surface area contributed by atoms with E-state index in [-0.39, 0.29) is 62.4 Å². The van der Waals surface area contributed by atoms with Crippen LogP contribution in [-0.2, 0) is 29.8 Å². The van der Waals surface area contributed by atoms with Crippen molar-refractivity contribution < 1.29 is 35.5 Å². The Morgan fingerprint density at radius 2 is 0.744 bits per heavy atom. The van der Waals surface area contributed by atoms with Crippen LogP contribution in [0, 0.1) is 0 Å². The van der Waals surface area contributed by atoms with Crippen molar-refractivity contribution in [1.29, 1.82) is 0 Å². The molecule has 0 unspecified atom stereocenters. The fourth-order valence-electron chi connectivity index (χ4n) is 4.41. The van der Waals surface area contributed by atoms with E-state index in [4.69, 9.17) is 0 Å². The van der Waals surface area contributed by atoms with E-state index < -0.39 is 31.7 Å². The molecular formula is C30H60CaN2O8S2. The molecule has 0 spiro atoms. The van der Waals surface area contributed by atoms with Crippen LogP contribution < -0.4 is 0 Å². The monoisotopic (exact) mass is 680 g/mol. The van der Waals surface area contributed by atoms with Crippen LogP contribution in [0.5, 0.6) is 0 Å². The van der Waals surface area contributed by atoms with Gasteiger partial charge in [-0.2, -0.15) is 0 Å². The van der Waals surface area contributed by atoms with Gasteiger partial charge in [0.1, 0.15) is 0 Å². The van der Waals surface area contributed by atoms with Crippen LogP contribution in [0.3, 0.4) is 0 Å². The van der Waals surface area contributed by atoms with E-state index in [1.807, 2.05) is 0 Å². The van der Waals surface area contributed by atoms with Crippen LogP contribution >= 0.6 is 0 Å². The molecule has 0 saturated heterocycles. The van der Waals surface area contributed by atoms with Crippen molar-refractivity contribution in [3.63, 3.8) is 0 Å². The van der Waals surface area contributed by atoms with Crippen LogP contribution in [0.4, 0.5) is 0 Å².